The summed E-state index contributed by atoms with van der Waals surface area (Å²) in [7, 11) is -8.11. The Morgan fingerprint density at radius 2 is 1.49 bits per heavy atom. The summed E-state index contributed by atoms with van der Waals surface area (Å²) in [4.78, 5) is 2.15. The van der Waals surface area contributed by atoms with Gasteiger partial charge in [0.1, 0.15) is 4.70 Å². The topological polar surface area (TPSA) is 116 Å². The van der Waals surface area contributed by atoms with Crippen LogP contribution in [0.5, 0.6) is 0 Å². The molecule has 8 nitrogen and oxygen atoms in total. The summed E-state index contributed by atoms with van der Waals surface area (Å²) in [6, 6.07) is 25.9. The lowest BCUT2D eigenvalue weighted by molar-refractivity contribution is -0.668. The Balaban J connectivity index is 1.59. The molecule has 0 spiro atoms. The van der Waals surface area contributed by atoms with Gasteiger partial charge in [0.2, 0.25) is 5.52 Å². The van der Waals surface area contributed by atoms with Crippen molar-refractivity contribution in [3.63, 3.8) is 0 Å². The van der Waals surface area contributed by atoms with Crippen LogP contribution in [0.3, 0.4) is 0 Å². The number of thiazole rings is 1. The van der Waals surface area contributed by atoms with Crippen molar-refractivity contribution in [3.8, 4) is 0 Å². The van der Waals surface area contributed by atoms with Crippen LogP contribution in [0.1, 0.15) is 23.4 Å². The van der Waals surface area contributed by atoms with Gasteiger partial charge in [-0.3, -0.25) is 9.11 Å². The van der Waals surface area contributed by atoms with Crippen LogP contribution in [-0.2, 0) is 26.8 Å². The smallest absolute Gasteiger partial charge is 0.265 e. The standard InChI is InChI=1S/C29H28N2O6S4/c32-40(33,34)18-8-16-30-26-14-6-7-15-27(26)39-28(30)20-22-21-29(38-17-9-19-41(35,36)37)31(23-10-2-1-3-11-23)25-13-5-4-12-24(22)25/h1-7,10-15,20-21H,8-9,16-19H2,(H-,32,33,34,35,36,37)/p+1. The van der Waals surface area contributed by atoms with Crippen LogP contribution in [0.25, 0.3) is 21.9 Å². The fraction of sp³-hybridized carbons (Fsp3) is 0.207. The summed E-state index contributed by atoms with van der Waals surface area (Å²) in [6.45, 7) is 0.418. The Kier molecular flexibility index (Phi) is 8.97. The van der Waals surface area contributed by atoms with E-state index in [0.717, 1.165) is 42.8 Å². The maximum Gasteiger partial charge on any atom is 0.265 e. The van der Waals surface area contributed by atoms with Crippen molar-refractivity contribution in [2.75, 3.05) is 22.2 Å². The molecule has 12 heteroatoms. The largest absolute Gasteiger partial charge is 0.304 e. The normalized spacial score (nSPS) is 14.8. The average Bonchev–Trinajstić information content (AvgIpc) is 3.27. The number of thioether (sulfide) groups is 1. The van der Waals surface area contributed by atoms with Crippen LogP contribution in [0.4, 0.5) is 11.4 Å². The van der Waals surface area contributed by atoms with E-state index >= 15 is 0 Å². The molecule has 1 aliphatic rings. The Morgan fingerprint density at radius 1 is 0.829 bits per heavy atom. The van der Waals surface area contributed by atoms with E-state index in [4.69, 9.17) is 0 Å². The summed E-state index contributed by atoms with van der Waals surface area (Å²) in [5, 5.41) is 1.85. The van der Waals surface area contributed by atoms with Gasteiger partial charge in [-0.25, -0.2) is 0 Å². The fourth-order valence-corrected chi connectivity index (χ4v) is 8.09. The highest BCUT2D eigenvalue weighted by molar-refractivity contribution is 8.03. The Labute approximate surface area is 248 Å². The summed E-state index contributed by atoms with van der Waals surface area (Å²) < 4.78 is 66.9. The van der Waals surface area contributed by atoms with Crippen LogP contribution < -0.4 is 9.47 Å². The van der Waals surface area contributed by atoms with E-state index in [1.165, 1.54) is 11.8 Å². The maximum atomic E-state index is 11.4. The lowest BCUT2D eigenvalue weighted by Crippen LogP contribution is -2.36. The zero-order valence-corrected chi connectivity index (χ0v) is 25.2. The van der Waals surface area contributed by atoms with E-state index in [0.29, 0.717) is 18.7 Å². The van der Waals surface area contributed by atoms with Gasteiger partial charge in [-0.2, -0.15) is 21.4 Å². The third kappa shape index (κ3) is 7.45. The van der Waals surface area contributed by atoms with E-state index in [1.54, 1.807) is 11.3 Å². The molecule has 0 unspecified atom stereocenters. The molecule has 214 valence electrons. The number of benzene rings is 3. The molecule has 0 radical (unpaired) electrons. The Hall–Kier alpha value is -3.00. The quantitative estimate of drug-likeness (QED) is 0.118. The number of nitrogens with zero attached hydrogens (tertiary/aromatic N) is 2. The van der Waals surface area contributed by atoms with Gasteiger partial charge >= 0.3 is 0 Å². The van der Waals surface area contributed by atoms with Gasteiger partial charge in [-0.15, -0.1) is 11.8 Å². The fourth-order valence-electron chi connectivity index (χ4n) is 4.72. The minimum Gasteiger partial charge on any atom is -0.304 e. The second-order valence-corrected chi connectivity index (χ2v) is 14.8. The van der Waals surface area contributed by atoms with E-state index in [9.17, 15) is 25.9 Å². The molecular weight excluding hydrogens is 601 g/mol. The van der Waals surface area contributed by atoms with Crippen molar-refractivity contribution >= 4 is 76.6 Å². The molecule has 0 saturated carbocycles. The number of hydrogen-bond donors (Lipinski definition) is 2. The zero-order valence-electron chi connectivity index (χ0n) is 22.0. The molecule has 2 heterocycles. The summed E-state index contributed by atoms with van der Waals surface area (Å²) >= 11 is 3.12. The molecule has 2 N–H and O–H groups in total. The lowest BCUT2D eigenvalue weighted by atomic mass is 9.99. The Morgan fingerprint density at radius 3 is 2.24 bits per heavy atom. The van der Waals surface area contributed by atoms with Crippen molar-refractivity contribution in [2.24, 2.45) is 0 Å². The molecule has 41 heavy (non-hydrogen) atoms. The first-order valence-electron chi connectivity index (χ1n) is 12.9. The van der Waals surface area contributed by atoms with Crippen LogP contribution in [0.15, 0.2) is 90.0 Å². The van der Waals surface area contributed by atoms with Gasteiger partial charge in [-0.1, -0.05) is 59.9 Å². The molecule has 0 atom stereocenters. The average molecular weight is 630 g/mol. The second kappa shape index (κ2) is 12.5. The number of hydrogen-bond acceptors (Lipinski definition) is 7. The Bertz CT molecular complexity index is 1830. The molecule has 5 rings (SSSR count). The molecule has 4 aromatic rings. The van der Waals surface area contributed by atoms with E-state index in [1.807, 2.05) is 72.8 Å². The number of para-hydroxylation sites is 3. The van der Waals surface area contributed by atoms with Crippen LogP contribution in [0, 0.1) is 0 Å². The molecule has 0 fully saturated rings. The molecule has 1 aliphatic heterocycles. The number of allylic oxidation sites excluding steroid dienone is 2. The van der Waals surface area contributed by atoms with Crippen LogP contribution in [-0.4, -0.2) is 43.2 Å². The van der Waals surface area contributed by atoms with Crippen molar-refractivity contribution in [2.45, 2.75) is 19.4 Å². The van der Waals surface area contributed by atoms with Crippen LogP contribution >= 0.6 is 23.1 Å². The second-order valence-electron chi connectivity index (χ2n) is 9.46. The molecule has 0 aliphatic carbocycles. The van der Waals surface area contributed by atoms with Crippen molar-refractivity contribution in [3.05, 3.63) is 101 Å². The maximum absolute atomic E-state index is 11.4. The minimum atomic E-state index is -4.07. The van der Waals surface area contributed by atoms with Gasteiger partial charge in [0.05, 0.1) is 22.2 Å². The highest BCUT2D eigenvalue weighted by Gasteiger charge is 2.27. The number of aromatic nitrogens is 1. The lowest BCUT2D eigenvalue weighted by Gasteiger charge is -2.33. The predicted molar refractivity (Wildman–Crippen MR) is 168 cm³/mol. The van der Waals surface area contributed by atoms with Crippen molar-refractivity contribution < 1.29 is 30.5 Å². The predicted octanol–water partition coefficient (Wildman–Crippen LogP) is 6.01. The van der Waals surface area contributed by atoms with Crippen molar-refractivity contribution in [1.82, 2.24) is 0 Å². The summed E-state index contributed by atoms with van der Waals surface area (Å²) in [6.07, 6.45) is 4.75. The molecular formula is C29H29N2O6S4+. The van der Waals surface area contributed by atoms with Gasteiger partial charge in [-0.05, 0) is 42.3 Å². The molecule has 0 amide bonds. The first-order chi connectivity index (χ1) is 19.6. The third-order valence-electron chi connectivity index (χ3n) is 6.47. The van der Waals surface area contributed by atoms with E-state index in [2.05, 4.69) is 27.7 Å². The molecule has 3 aromatic carbocycles. The highest BCUT2D eigenvalue weighted by atomic mass is 32.2. The van der Waals surface area contributed by atoms with E-state index < -0.39 is 20.2 Å². The first-order valence-corrected chi connectivity index (χ1v) is 17.9. The highest BCUT2D eigenvalue weighted by Crippen LogP contribution is 2.45. The van der Waals surface area contributed by atoms with Gasteiger partial charge in [0, 0.05) is 35.6 Å². The SMILES string of the molecule is O=S(=O)(O)CCCSC1=C/C(=C\c2sc3ccccc3[n+]2CCCS(=O)(=O)O)c2ccccc2N1c1ccccc1. The van der Waals surface area contributed by atoms with Crippen LogP contribution in [0.2, 0.25) is 0 Å². The number of fused-ring (bicyclic) bond motifs is 2. The molecule has 0 bridgehead atoms. The zero-order chi connectivity index (χ0) is 29.0. The third-order valence-corrected chi connectivity index (χ3v) is 10.3. The van der Waals surface area contributed by atoms with Gasteiger partial charge in [0.25, 0.3) is 25.2 Å². The van der Waals surface area contributed by atoms with E-state index in [-0.39, 0.29) is 17.9 Å². The van der Waals surface area contributed by atoms with Gasteiger partial charge in [0.15, 0.2) is 6.54 Å². The first kappa shape index (κ1) is 29.5. The minimum absolute atomic E-state index is 0.267. The number of anilines is 2. The van der Waals surface area contributed by atoms with Crippen molar-refractivity contribution in [1.29, 1.82) is 0 Å². The number of rotatable bonds is 11. The number of aryl methyl sites for hydroxylation is 1. The molecule has 0 saturated heterocycles. The summed E-state index contributed by atoms with van der Waals surface area (Å²) in [5.41, 5.74) is 4.90. The molecule has 1 aromatic heterocycles. The monoisotopic (exact) mass is 629 g/mol. The summed E-state index contributed by atoms with van der Waals surface area (Å²) in [5.74, 6) is -0.133. The van der Waals surface area contributed by atoms with Gasteiger partial charge < -0.3 is 4.90 Å².